The second kappa shape index (κ2) is 9.38. The zero-order chi connectivity index (χ0) is 25.3. The third-order valence-electron chi connectivity index (χ3n) is 4.24. The average molecular weight is 518 g/mol. The largest absolute Gasteiger partial charge is 0.573 e. The molecule has 2 amide bonds. The quantitative estimate of drug-likeness (QED) is 0.482. The van der Waals surface area contributed by atoms with Crippen LogP contribution in [0.2, 0.25) is 0 Å². The van der Waals surface area contributed by atoms with Crippen LogP contribution in [0.1, 0.15) is 38.8 Å². The van der Waals surface area contributed by atoms with Crippen LogP contribution in [-0.4, -0.2) is 59.6 Å². The Morgan fingerprint density at radius 1 is 1.18 bits per heavy atom. The third-order valence-corrected chi connectivity index (χ3v) is 6.30. The number of halogens is 3. The molecule has 0 saturated heterocycles. The Labute approximate surface area is 194 Å². The standard InChI is InChI=1S/C18H17F3N6O5S2/c1-9(14-24-8-25-27(14)17-23-7-13(33-17)16(29)22-2)26-15(28)10-4-11(32-18(19,20)21)6-12(5-10)34(3,30)31/h4-9H,1-3H3,(H,22,29)(H,26,28)/t9-/m0/s1. The van der Waals surface area contributed by atoms with Gasteiger partial charge < -0.3 is 15.4 Å². The number of hydrogen-bond acceptors (Lipinski definition) is 9. The number of aromatic nitrogens is 4. The fourth-order valence-corrected chi connectivity index (χ4v) is 4.24. The van der Waals surface area contributed by atoms with Crippen LogP contribution in [0.15, 0.2) is 35.6 Å². The van der Waals surface area contributed by atoms with Crippen molar-refractivity contribution in [2.75, 3.05) is 13.3 Å². The van der Waals surface area contributed by atoms with Gasteiger partial charge in [-0.2, -0.15) is 9.78 Å². The summed E-state index contributed by atoms with van der Waals surface area (Å²) in [5.74, 6) is -1.89. The lowest BCUT2D eigenvalue weighted by molar-refractivity contribution is -0.274. The molecule has 3 rings (SSSR count). The predicted molar refractivity (Wildman–Crippen MR) is 113 cm³/mol. The van der Waals surface area contributed by atoms with Crippen molar-refractivity contribution in [3.05, 3.63) is 47.0 Å². The third kappa shape index (κ3) is 5.88. The molecule has 34 heavy (non-hydrogen) atoms. The van der Waals surface area contributed by atoms with Gasteiger partial charge in [0.2, 0.25) is 5.13 Å². The lowest BCUT2D eigenvalue weighted by Crippen LogP contribution is -2.29. The molecule has 3 aromatic rings. The number of alkyl halides is 3. The van der Waals surface area contributed by atoms with E-state index in [0.717, 1.165) is 29.7 Å². The number of hydrogen-bond donors (Lipinski definition) is 2. The SMILES string of the molecule is CNC(=O)c1cnc(-n2ncnc2[C@H](C)NC(=O)c2cc(OC(F)(F)F)cc(S(C)(=O)=O)c2)s1. The fraction of sp³-hybridized carbons (Fsp3) is 0.278. The van der Waals surface area contributed by atoms with Crippen molar-refractivity contribution in [1.82, 2.24) is 30.4 Å². The molecule has 11 nitrogen and oxygen atoms in total. The summed E-state index contributed by atoms with van der Waals surface area (Å²) >= 11 is 1.02. The molecule has 0 unspecified atom stereocenters. The van der Waals surface area contributed by atoms with E-state index in [-0.39, 0.29) is 22.4 Å². The number of amides is 2. The van der Waals surface area contributed by atoms with Gasteiger partial charge in [0.05, 0.1) is 17.1 Å². The molecule has 0 spiro atoms. The summed E-state index contributed by atoms with van der Waals surface area (Å²) < 4.78 is 66.8. The lowest BCUT2D eigenvalue weighted by Gasteiger charge is -2.15. The van der Waals surface area contributed by atoms with Crippen LogP contribution >= 0.6 is 11.3 Å². The number of thiazole rings is 1. The van der Waals surface area contributed by atoms with Gasteiger partial charge >= 0.3 is 6.36 Å². The Kier molecular flexibility index (Phi) is 6.92. The zero-order valence-corrected chi connectivity index (χ0v) is 19.4. The molecule has 0 fully saturated rings. The van der Waals surface area contributed by atoms with Crippen molar-refractivity contribution in [3.8, 4) is 10.9 Å². The Bertz CT molecular complexity index is 1340. The molecule has 0 aliphatic carbocycles. The molecule has 16 heteroatoms. The maximum Gasteiger partial charge on any atom is 0.573 e. The van der Waals surface area contributed by atoms with E-state index < -0.39 is 38.8 Å². The summed E-state index contributed by atoms with van der Waals surface area (Å²) in [7, 11) is -2.49. The van der Waals surface area contributed by atoms with E-state index in [0.29, 0.717) is 10.9 Å². The van der Waals surface area contributed by atoms with Gasteiger partial charge in [-0.05, 0) is 25.1 Å². The maximum atomic E-state index is 12.8. The van der Waals surface area contributed by atoms with Gasteiger partial charge in [0.15, 0.2) is 15.7 Å². The number of nitrogens with one attached hydrogen (secondary N) is 2. The van der Waals surface area contributed by atoms with Crippen molar-refractivity contribution in [2.24, 2.45) is 0 Å². The maximum absolute atomic E-state index is 12.8. The molecule has 0 bridgehead atoms. The van der Waals surface area contributed by atoms with Gasteiger partial charge in [-0.15, -0.1) is 13.2 Å². The number of carbonyl (C=O) groups excluding carboxylic acids is 2. The summed E-state index contributed by atoms with van der Waals surface area (Å²) in [5.41, 5.74) is -0.378. The van der Waals surface area contributed by atoms with Crippen molar-refractivity contribution in [1.29, 1.82) is 0 Å². The van der Waals surface area contributed by atoms with Gasteiger partial charge in [-0.3, -0.25) is 9.59 Å². The van der Waals surface area contributed by atoms with Gasteiger partial charge in [0.1, 0.15) is 17.0 Å². The summed E-state index contributed by atoms with van der Waals surface area (Å²) in [6.07, 6.45) is -1.77. The second-order valence-electron chi connectivity index (χ2n) is 6.82. The topological polar surface area (TPSA) is 145 Å². The molecule has 1 atom stereocenters. The van der Waals surface area contributed by atoms with Gasteiger partial charge in [-0.1, -0.05) is 11.3 Å². The number of sulfone groups is 1. The highest BCUT2D eigenvalue weighted by atomic mass is 32.2. The molecule has 1 aromatic carbocycles. The first kappa shape index (κ1) is 25.1. The van der Waals surface area contributed by atoms with Crippen LogP contribution in [0.5, 0.6) is 5.75 Å². The van der Waals surface area contributed by atoms with Crippen LogP contribution in [-0.2, 0) is 9.84 Å². The number of carbonyl (C=O) groups is 2. The van der Waals surface area contributed by atoms with Crippen LogP contribution in [0.3, 0.4) is 0 Å². The molecular formula is C18H17F3N6O5S2. The molecule has 2 aromatic heterocycles. The number of rotatable bonds is 7. The van der Waals surface area contributed by atoms with Gasteiger partial charge in [-0.25, -0.2) is 18.4 Å². The molecule has 0 saturated carbocycles. The molecule has 2 heterocycles. The van der Waals surface area contributed by atoms with Gasteiger partial charge in [0, 0.05) is 18.9 Å². The molecule has 0 aliphatic heterocycles. The van der Waals surface area contributed by atoms with Crippen molar-refractivity contribution >= 4 is 33.0 Å². The molecule has 2 N–H and O–H groups in total. The number of ether oxygens (including phenoxy) is 1. The summed E-state index contributed by atoms with van der Waals surface area (Å²) in [4.78, 5) is 32.5. The van der Waals surface area contributed by atoms with E-state index in [4.69, 9.17) is 0 Å². The molecule has 182 valence electrons. The minimum Gasteiger partial charge on any atom is -0.406 e. The smallest absolute Gasteiger partial charge is 0.406 e. The van der Waals surface area contributed by atoms with Crippen LogP contribution < -0.4 is 15.4 Å². The van der Waals surface area contributed by atoms with Crippen LogP contribution in [0.25, 0.3) is 5.13 Å². The Hall–Kier alpha value is -3.53. The van der Waals surface area contributed by atoms with Crippen LogP contribution in [0, 0.1) is 0 Å². The normalized spacial score (nSPS) is 12.8. The molecule has 0 aliphatic rings. The monoisotopic (exact) mass is 518 g/mol. The first-order valence-corrected chi connectivity index (χ1v) is 12.0. The minimum atomic E-state index is -5.09. The first-order valence-electron chi connectivity index (χ1n) is 9.28. The minimum absolute atomic E-state index is 0.206. The van der Waals surface area contributed by atoms with Crippen molar-refractivity contribution in [3.63, 3.8) is 0 Å². The van der Waals surface area contributed by atoms with E-state index in [2.05, 4.69) is 30.4 Å². The zero-order valence-electron chi connectivity index (χ0n) is 17.7. The summed E-state index contributed by atoms with van der Waals surface area (Å²) in [5, 5.41) is 9.30. The highest BCUT2D eigenvalue weighted by Crippen LogP contribution is 2.27. The van der Waals surface area contributed by atoms with Crippen LogP contribution in [0.4, 0.5) is 13.2 Å². The van der Waals surface area contributed by atoms with E-state index in [1.54, 1.807) is 0 Å². The number of nitrogens with zero attached hydrogens (tertiary/aromatic N) is 4. The van der Waals surface area contributed by atoms with Crippen molar-refractivity contribution in [2.45, 2.75) is 24.2 Å². The highest BCUT2D eigenvalue weighted by molar-refractivity contribution is 7.90. The molecule has 0 radical (unpaired) electrons. The molecular weight excluding hydrogens is 501 g/mol. The summed E-state index contributed by atoms with van der Waals surface area (Å²) in [6, 6.07) is 1.54. The Morgan fingerprint density at radius 2 is 1.88 bits per heavy atom. The fourth-order valence-electron chi connectivity index (χ4n) is 2.74. The Balaban J connectivity index is 1.88. The van der Waals surface area contributed by atoms with Gasteiger partial charge in [0.25, 0.3) is 11.8 Å². The predicted octanol–water partition coefficient (Wildman–Crippen LogP) is 1.88. The van der Waals surface area contributed by atoms with Crippen molar-refractivity contribution < 1.29 is 35.9 Å². The van der Waals surface area contributed by atoms with E-state index in [1.165, 1.54) is 31.2 Å². The van der Waals surface area contributed by atoms with E-state index in [9.17, 15) is 31.2 Å². The number of benzene rings is 1. The average Bonchev–Trinajstić information content (AvgIpc) is 3.40. The van der Waals surface area contributed by atoms with E-state index >= 15 is 0 Å². The first-order chi connectivity index (χ1) is 15.8. The summed E-state index contributed by atoms with van der Waals surface area (Å²) in [6.45, 7) is 1.53. The second-order valence-corrected chi connectivity index (χ2v) is 9.85. The Morgan fingerprint density at radius 3 is 2.50 bits per heavy atom. The van der Waals surface area contributed by atoms with E-state index in [1.807, 2.05) is 0 Å². The lowest BCUT2D eigenvalue weighted by atomic mass is 10.2. The highest BCUT2D eigenvalue weighted by Gasteiger charge is 2.32.